The molecule has 0 aliphatic rings. The first kappa shape index (κ1) is 16.5. The van der Waals surface area contributed by atoms with E-state index in [9.17, 15) is 4.79 Å². The van der Waals surface area contributed by atoms with Crippen molar-refractivity contribution in [1.29, 1.82) is 0 Å². The second kappa shape index (κ2) is 7.04. The maximum absolute atomic E-state index is 12.5. The van der Waals surface area contributed by atoms with Gasteiger partial charge < -0.3 is 5.32 Å². The number of anilines is 1. The van der Waals surface area contributed by atoms with Crippen molar-refractivity contribution in [1.82, 2.24) is 14.8 Å². The molecule has 1 aromatic carbocycles. The molecule has 0 saturated carbocycles. The van der Waals surface area contributed by atoms with E-state index in [1.54, 1.807) is 31.6 Å². The zero-order chi connectivity index (χ0) is 17.8. The van der Waals surface area contributed by atoms with E-state index in [4.69, 9.17) is 0 Å². The van der Waals surface area contributed by atoms with Crippen LogP contribution in [0, 0.1) is 13.8 Å². The molecule has 0 radical (unpaired) electrons. The second-order valence-electron chi connectivity index (χ2n) is 5.57. The summed E-state index contributed by atoms with van der Waals surface area (Å²) < 4.78 is 1.51. The SMILES string of the molecule is Cc1ccccc1/N=N/c1ccnc(C)c1NC(=O)c1ccnn1C. The van der Waals surface area contributed by atoms with Gasteiger partial charge >= 0.3 is 0 Å². The van der Waals surface area contributed by atoms with Crippen LogP contribution in [0.1, 0.15) is 21.7 Å². The number of nitrogens with zero attached hydrogens (tertiary/aromatic N) is 5. The van der Waals surface area contributed by atoms with Gasteiger partial charge in [0.2, 0.25) is 0 Å². The molecule has 1 amide bonds. The highest BCUT2D eigenvalue weighted by Gasteiger charge is 2.14. The van der Waals surface area contributed by atoms with Gasteiger partial charge in [-0.1, -0.05) is 18.2 Å². The summed E-state index contributed by atoms with van der Waals surface area (Å²) in [6.07, 6.45) is 3.21. The smallest absolute Gasteiger partial charge is 0.274 e. The number of pyridine rings is 1. The molecule has 7 heteroatoms. The number of aromatic nitrogens is 3. The molecule has 0 bridgehead atoms. The molecule has 3 rings (SSSR count). The predicted molar refractivity (Wildman–Crippen MR) is 95.5 cm³/mol. The third-order valence-corrected chi connectivity index (χ3v) is 3.79. The van der Waals surface area contributed by atoms with Crippen molar-refractivity contribution in [3.8, 4) is 0 Å². The average molecular weight is 334 g/mol. The van der Waals surface area contributed by atoms with Crippen LogP contribution in [0.15, 0.2) is 59.0 Å². The van der Waals surface area contributed by atoms with Crippen LogP contribution in [0.25, 0.3) is 0 Å². The maximum atomic E-state index is 12.5. The molecule has 0 unspecified atom stereocenters. The zero-order valence-electron chi connectivity index (χ0n) is 14.3. The molecule has 2 aromatic heterocycles. The fourth-order valence-electron chi connectivity index (χ4n) is 2.35. The first-order valence-electron chi connectivity index (χ1n) is 7.78. The van der Waals surface area contributed by atoms with Gasteiger partial charge in [0.25, 0.3) is 5.91 Å². The van der Waals surface area contributed by atoms with Crippen molar-refractivity contribution < 1.29 is 4.79 Å². The van der Waals surface area contributed by atoms with Crippen LogP contribution in [0.4, 0.5) is 17.1 Å². The number of nitrogens with one attached hydrogen (secondary N) is 1. The van der Waals surface area contributed by atoms with Crippen LogP contribution in [-0.4, -0.2) is 20.7 Å². The highest BCUT2D eigenvalue weighted by molar-refractivity contribution is 6.04. The summed E-state index contributed by atoms with van der Waals surface area (Å²) in [7, 11) is 1.71. The first-order chi connectivity index (χ1) is 12.1. The predicted octanol–water partition coefficient (Wildman–Crippen LogP) is 4.10. The van der Waals surface area contributed by atoms with Gasteiger partial charge in [-0.2, -0.15) is 10.2 Å². The molecule has 0 atom stereocenters. The van der Waals surface area contributed by atoms with Gasteiger partial charge in [0, 0.05) is 19.4 Å². The highest BCUT2D eigenvalue weighted by atomic mass is 16.2. The van der Waals surface area contributed by atoms with Gasteiger partial charge in [-0.25, -0.2) is 0 Å². The number of aryl methyl sites for hydroxylation is 3. The zero-order valence-corrected chi connectivity index (χ0v) is 14.3. The van der Waals surface area contributed by atoms with Gasteiger partial charge in [0.1, 0.15) is 11.4 Å². The second-order valence-corrected chi connectivity index (χ2v) is 5.57. The molecule has 3 aromatic rings. The molecule has 25 heavy (non-hydrogen) atoms. The van der Waals surface area contributed by atoms with Crippen molar-refractivity contribution in [2.24, 2.45) is 17.3 Å². The summed E-state index contributed by atoms with van der Waals surface area (Å²) >= 11 is 0. The molecule has 0 aliphatic carbocycles. The minimum Gasteiger partial charge on any atom is -0.317 e. The van der Waals surface area contributed by atoms with E-state index in [1.165, 1.54) is 4.68 Å². The van der Waals surface area contributed by atoms with Gasteiger partial charge in [0.05, 0.1) is 17.1 Å². The standard InChI is InChI=1S/C18H18N6O/c1-12-6-4-5-7-14(12)22-23-15-8-10-19-13(2)17(15)21-18(25)16-9-11-20-24(16)3/h4-11H,1-3H3,(H,21,25)/b23-22+. The lowest BCUT2D eigenvalue weighted by atomic mass is 10.2. The lowest BCUT2D eigenvalue weighted by Gasteiger charge is -2.10. The monoisotopic (exact) mass is 334 g/mol. The van der Waals surface area contributed by atoms with Crippen LogP contribution in [-0.2, 0) is 7.05 Å². The summed E-state index contributed by atoms with van der Waals surface area (Å²) in [6.45, 7) is 3.78. The summed E-state index contributed by atoms with van der Waals surface area (Å²) in [4.78, 5) is 16.7. The molecular weight excluding hydrogens is 316 g/mol. The molecule has 2 heterocycles. The van der Waals surface area contributed by atoms with Crippen LogP contribution >= 0.6 is 0 Å². The van der Waals surface area contributed by atoms with Crippen LogP contribution < -0.4 is 5.32 Å². The van der Waals surface area contributed by atoms with E-state index in [1.807, 2.05) is 38.1 Å². The van der Waals surface area contributed by atoms with Crippen molar-refractivity contribution in [2.45, 2.75) is 13.8 Å². The minimum atomic E-state index is -0.275. The number of amides is 1. The number of carbonyl (C=O) groups is 1. The Morgan fingerprint density at radius 2 is 1.80 bits per heavy atom. The summed E-state index contributed by atoms with van der Waals surface area (Å²) in [5.41, 5.74) is 4.00. The molecule has 0 spiro atoms. The number of carbonyl (C=O) groups excluding carboxylic acids is 1. The summed E-state index contributed by atoms with van der Waals surface area (Å²) in [5.74, 6) is -0.275. The first-order valence-corrected chi connectivity index (χ1v) is 7.78. The fourth-order valence-corrected chi connectivity index (χ4v) is 2.35. The Bertz CT molecular complexity index is 944. The lowest BCUT2D eigenvalue weighted by Crippen LogP contribution is -2.17. The minimum absolute atomic E-state index is 0.275. The largest absolute Gasteiger partial charge is 0.317 e. The average Bonchev–Trinajstić information content (AvgIpc) is 3.03. The van der Waals surface area contributed by atoms with E-state index in [2.05, 4.69) is 25.6 Å². The summed E-state index contributed by atoms with van der Waals surface area (Å²) in [5, 5.41) is 15.5. The number of benzene rings is 1. The van der Waals surface area contributed by atoms with E-state index < -0.39 is 0 Å². The molecule has 0 saturated heterocycles. The van der Waals surface area contributed by atoms with Gasteiger partial charge in [-0.3, -0.25) is 14.5 Å². The van der Waals surface area contributed by atoms with E-state index in [0.29, 0.717) is 22.8 Å². The fraction of sp³-hybridized carbons (Fsp3) is 0.167. The van der Waals surface area contributed by atoms with E-state index in [0.717, 1.165) is 11.3 Å². The third-order valence-electron chi connectivity index (χ3n) is 3.79. The van der Waals surface area contributed by atoms with E-state index >= 15 is 0 Å². The number of rotatable bonds is 4. The van der Waals surface area contributed by atoms with Crippen LogP contribution in [0.5, 0.6) is 0 Å². The molecular formula is C18H18N6O. The summed E-state index contributed by atoms with van der Waals surface area (Å²) in [6, 6.07) is 11.1. The molecule has 0 aliphatic heterocycles. The van der Waals surface area contributed by atoms with Crippen molar-refractivity contribution in [2.75, 3.05) is 5.32 Å². The number of hydrogen-bond donors (Lipinski definition) is 1. The number of hydrogen-bond acceptors (Lipinski definition) is 5. The Morgan fingerprint density at radius 3 is 2.52 bits per heavy atom. The molecule has 126 valence electrons. The topological polar surface area (TPSA) is 84.5 Å². The van der Waals surface area contributed by atoms with Crippen LogP contribution in [0.3, 0.4) is 0 Å². The maximum Gasteiger partial charge on any atom is 0.274 e. The molecule has 0 fully saturated rings. The lowest BCUT2D eigenvalue weighted by molar-refractivity contribution is 0.101. The van der Waals surface area contributed by atoms with Gasteiger partial charge in [-0.15, -0.1) is 5.11 Å². The Kier molecular flexibility index (Phi) is 4.65. The Labute approximate surface area is 145 Å². The van der Waals surface area contributed by atoms with Crippen molar-refractivity contribution in [3.63, 3.8) is 0 Å². The van der Waals surface area contributed by atoms with Crippen molar-refractivity contribution >= 4 is 23.0 Å². The van der Waals surface area contributed by atoms with Crippen molar-refractivity contribution in [3.05, 3.63) is 65.7 Å². The quantitative estimate of drug-likeness (QED) is 0.729. The normalized spacial score (nSPS) is 11.0. The highest BCUT2D eigenvalue weighted by Crippen LogP contribution is 2.29. The molecule has 1 N–H and O–H groups in total. The Hall–Kier alpha value is -3.35. The Morgan fingerprint density at radius 1 is 1.04 bits per heavy atom. The van der Waals surface area contributed by atoms with Gasteiger partial charge in [0.15, 0.2) is 0 Å². The number of azo groups is 1. The Balaban J connectivity index is 1.91. The third kappa shape index (κ3) is 3.60. The van der Waals surface area contributed by atoms with E-state index in [-0.39, 0.29) is 5.91 Å². The molecule has 7 nitrogen and oxygen atoms in total. The van der Waals surface area contributed by atoms with Crippen LogP contribution in [0.2, 0.25) is 0 Å². The van der Waals surface area contributed by atoms with Gasteiger partial charge in [-0.05, 0) is 37.6 Å².